The summed E-state index contributed by atoms with van der Waals surface area (Å²) in [7, 11) is 0. The average molecular weight is 433 g/mol. The molecule has 31 heavy (non-hydrogen) atoms. The highest BCUT2D eigenvalue weighted by Crippen LogP contribution is 2.39. The van der Waals surface area contributed by atoms with Crippen LogP contribution in [-0.2, 0) is 11.0 Å². The number of alkyl halides is 3. The summed E-state index contributed by atoms with van der Waals surface area (Å²) in [6, 6.07) is 6.25. The van der Waals surface area contributed by atoms with Crippen molar-refractivity contribution in [2.75, 3.05) is 9.80 Å². The van der Waals surface area contributed by atoms with Gasteiger partial charge in [-0.25, -0.2) is 14.1 Å². The van der Waals surface area contributed by atoms with Gasteiger partial charge in [0.05, 0.1) is 28.4 Å². The molecule has 0 spiro atoms. The van der Waals surface area contributed by atoms with E-state index < -0.39 is 46.4 Å². The number of urea groups is 1. The number of nitrogens with zero attached hydrogens (tertiary/aromatic N) is 3. The van der Waals surface area contributed by atoms with Crippen LogP contribution < -0.4 is 9.80 Å². The Morgan fingerprint density at radius 1 is 1.06 bits per heavy atom. The van der Waals surface area contributed by atoms with Crippen LogP contribution in [0.25, 0.3) is 0 Å². The second-order valence-electron chi connectivity index (χ2n) is 7.38. The van der Waals surface area contributed by atoms with Gasteiger partial charge in [-0.3, -0.25) is 14.5 Å². The van der Waals surface area contributed by atoms with Gasteiger partial charge in [0, 0.05) is 5.69 Å². The minimum atomic E-state index is -4.88. The number of Topliss-reactive ketones (excluding diaryl/α,β-unsaturated/α-hetero) is 1. The van der Waals surface area contributed by atoms with Gasteiger partial charge in [0.25, 0.3) is 5.91 Å². The number of carbonyl (C=O) groups excluding carboxylic acids is 3. The van der Waals surface area contributed by atoms with E-state index in [0.717, 1.165) is 36.1 Å². The third-order valence-corrected chi connectivity index (χ3v) is 4.95. The summed E-state index contributed by atoms with van der Waals surface area (Å²) in [6.45, 7) is 3.88. The van der Waals surface area contributed by atoms with E-state index in [1.54, 1.807) is 0 Å². The fourth-order valence-electron chi connectivity index (χ4n) is 3.39. The molecule has 1 aliphatic heterocycles. The van der Waals surface area contributed by atoms with Gasteiger partial charge < -0.3 is 0 Å². The lowest BCUT2D eigenvalue weighted by molar-refractivity contribution is -0.137. The average Bonchev–Trinajstić information content (AvgIpc) is 2.84. The molecule has 1 fully saturated rings. The van der Waals surface area contributed by atoms with Gasteiger partial charge in [0.2, 0.25) is 0 Å². The molecule has 160 valence electrons. The number of imide groups is 1. The fraction of sp³-hybridized carbons (Fsp3) is 0.238. The van der Waals surface area contributed by atoms with Crippen LogP contribution in [0.3, 0.4) is 0 Å². The number of halogens is 4. The molecular formula is C21H15F4N3O3. The highest BCUT2D eigenvalue weighted by molar-refractivity contribution is 6.30. The summed E-state index contributed by atoms with van der Waals surface area (Å²) in [5.74, 6) is -2.28. The summed E-state index contributed by atoms with van der Waals surface area (Å²) >= 11 is 0. The Bertz CT molecular complexity index is 1170. The Kier molecular flexibility index (Phi) is 5.10. The number of hydrogen-bond donors (Lipinski definition) is 0. The predicted octanol–water partition coefficient (Wildman–Crippen LogP) is 4.67. The van der Waals surface area contributed by atoms with Gasteiger partial charge in [-0.2, -0.15) is 18.4 Å². The van der Waals surface area contributed by atoms with Crippen molar-refractivity contribution < 1.29 is 31.9 Å². The number of nitriles is 1. The molecule has 2 aromatic rings. The predicted molar refractivity (Wildman–Crippen MR) is 102 cm³/mol. The molecule has 1 aliphatic rings. The van der Waals surface area contributed by atoms with Crippen molar-refractivity contribution in [3.63, 3.8) is 0 Å². The van der Waals surface area contributed by atoms with Crippen molar-refractivity contribution in [3.05, 3.63) is 58.9 Å². The molecule has 2 aromatic carbocycles. The van der Waals surface area contributed by atoms with Crippen LogP contribution in [0.1, 0.15) is 42.3 Å². The lowest BCUT2D eigenvalue weighted by Gasteiger charge is -2.27. The molecule has 0 unspecified atom stereocenters. The van der Waals surface area contributed by atoms with Gasteiger partial charge in [-0.15, -0.1) is 0 Å². The number of anilines is 2. The SMILES string of the molecule is CC(=O)c1ccc(N2C(=O)N(c3ccc(C#N)c(C(F)(F)F)c3)C(=O)C2(C)C)cc1F. The van der Waals surface area contributed by atoms with Crippen molar-refractivity contribution >= 4 is 29.1 Å². The van der Waals surface area contributed by atoms with Crippen LogP contribution >= 0.6 is 0 Å². The third kappa shape index (κ3) is 3.52. The maximum absolute atomic E-state index is 14.3. The molecular weight excluding hydrogens is 418 g/mol. The van der Waals surface area contributed by atoms with E-state index in [0.29, 0.717) is 11.0 Å². The number of benzene rings is 2. The molecule has 0 radical (unpaired) electrons. The van der Waals surface area contributed by atoms with Gasteiger partial charge >= 0.3 is 12.2 Å². The topological polar surface area (TPSA) is 81.5 Å². The monoisotopic (exact) mass is 433 g/mol. The summed E-state index contributed by atoms with van der Waals surface area (Å²) < 4.78 is 54.3. The highest BCUT2D eigenvalue weighted by atomic mass is 19.4. The first-order chi connectivity index (χ1) is 14.3. The van der Waals surface area contributed by atoms with Crippen LogP contribution in [0.2, 0.25) is 0 Å². The zero-order valence-electron chi connectivity index (χ0n) is 16.5. The number of ketones is 1. The Hall–Kier alpha value is -3.74. The lowest BCUT2D eigenvalue weighted by Crippen LogP contribution is -2.44. The zero-order chi connectivity index (χ0) is 23.3. The first-order valence-electron chi connectivity index (χ1n) is 8.91. The normalized spacial score (nSPS) is 15.9. The Balaban J connectivity index is 2.12. The molecule has 0 saturated carbocycles. The van der Waals surface area contributed by atoms with Crippen LogP contribution in [0.4, 0.5) is 33.7 Å². The zero-order valence-corrected chi connectivity index (χ0v) is 16.5. The number of amides is 3. The molecule has 1 heterocycles. The maximum Gasteiger partial charge on any atom is 0.417 e. The van der Waals surface area contributed by atoms with Gasteiger partial charge in [0.15, 0.2) is 5.78 Å². The first-order valence-corrected chi connectivity index (χ1v) is 8.91. The van der Waals surface area contributed by atoms with E-state index in [2.05, 4.69) is 0 Å². The molecule has 0 aromatic heterocycles. The summed E-state index contributed by atoms with van der Waals surface area (Å²) in [5.41, 5.74) is -4.14. The smallest absolute Gasteiger partial charge is 0.294 e. The van der Waals surface area contributed by atoms with E-state index in [4.69, 9.17) is 5.26 Å². The van der Waals surface area contributed by atoms with Gasteiger partial charge in [-0.05, 0) is 57.2 Å². The largest absolute Gasteiger partial charge is 0.417 e. The number of carbonyl (C=O) groups is 3. The molecule has 10 heteroatoms. The second kappa shape index (κ2) is 7.19. The molecule has 3 rings (SSSR count). The van der Waals surface area contributed by atoms with E-state index >= 15 is 0 Å². The van der Waals surface area contributed by atoms with E-state index in [9.17, 15) is 31.9 Å². The first kappa shape index (κ1) is 22.0. The van der Waals surface area contributed by atoms with Crippen molar-refractivity contribution in [1.29, 1.82) is 5.26 Å². The van der Waals surface area contributed by atoms with E-state index in [-0.39, 0.29) is 16.9 Å². The molecule has 1 saturated heterocycles. The summed E-state index contributed by atoms with van der Waals surface area (Å²) in [5, 5.41) is 8.94. The van der Waals surface area contributed by atoms with Crippen molar-refractivity contribution in [1.82, 2.24) is 0 Å². The highest BCUT2D eigenvalue weighted by Gasteiger charge is 2.53. The van der Waals surface area contributed by atoms with Crippen LogP contribution in [-0.4, -0.2) is 23.3 Å². The van der Waals surface area contributed by atoms with Gasteiger partial charge in [-0.1, -0.05) is 0 Å². The molecule has 0 aliphatic carbocycles. The quantitative estimate of drug-likeness (QED) is 0.400. The molecule has 0 atom stereocenters. The van der Waals surface area contributed by atoms with E-state index in [1.807, 2.05) is 0 Å². The second-order valence-corrected chi connectivity index (χ2v) is 7.38. The number of rotatable bonds is 3. The fourth-order valence-corrected chi connectivity index (χ4v) is 3.39. The van der Waals surface area contributed by atoms with Crippen LogP contribution in [0, 0.1) is 17.1 Å². The third-order valence-electron chi connectivity index (χ3n) is 4.95. The van der Waals surface area contributed by atoms with Crippen LogP contribution in [0.5, 0.6) is 0 Å². The van der Waals surface area contributed by atoms with Gasteiger partial charge in [0.1, 0.15) is 11.4 Å². The Morgan fingerprint density at radius 3 is 2.19 bits per heavy atom. The maximum atomic E-state index is 14.3. The molecule has 0 N–H and O–H groups in total. The van der Waals surface area contributed by atoms with Crippen molar-refractivity contribution in [2.45, 2.75) is 32.5 Å². The molecule has 6 nitrogen and oxygen atoms in total. The molecule has 3 amide bonds. The lowest BCUT2D eigenvalue weighted by atomic mass is 10.0. The standard InChI is InChI=1S/C21H15F4N3O3/c1-11(29)15-7-6-14(9-17(15)22)28-19(31)27(18(30)20(28,2)3)13-5-4-12(10-26)16(8-13)21(23,24)25/h4-9H,1-3H3. The minimum absolute atomic E-state index is 0.0435. The number of hydrogen-bond acceptors (Lipinski definition) is 4. The molecule has 0 bridgehead atoms. The van der Waals surface area contributed by atoms with E-state index in [1.165, 1.54) is 26.0 Å². The summed E-state index contributed by atoms with van der Waals surface area (Å²) in [4.78, 5) is 39.0. The Labute approximate surface area is 174 Å². The Morgan fingerprint density at radius 2 is 1.68 bits per heavy atom. The van der Waals surface area contributed by atoms with Crippen LogP contribution in [0.15, 0.2) is 36.4 Å². The minimum Gasteiger partial charge on any atom is -0.294 e. The summed E-state index contributed by atoms with van der Waals surface area (Å²) in [6.07, 6.45) is -4.88. The van der Waals surface area contributed by atoms with Crippen molar-refractivity contribution in [3.8, 4) is 6.07 Å². The van der Waals surface area contributed by atoms with Crippen molar-refractivity contribution in [2.24, 2.45) is 0 Å².